The van der Waals surface area contributed by atoms with Gasteiger partial charge in [-0.05, 0) is 54.5 Å². The van der Waals surface area contributed by atoms with Gasteiger partial charge in [0.05, 0.1) is 5.69 Å². The Hall–Kier alpha value is -2.44. The number of carbonyl (C=O) groups excluding carboxylic acids is 1. The molecule has 0 atom stereocenters. The molecule has 0 bridgehead atoms. The van der Waals surface area contributed by atoms with Crippen LogP contribution in [0.5, 0.6) is 0 Å². The molecule has 2 aromatic rings. The van der Waals surface area contributed by atoms with Gasteiger partial charge in [0.2, 0.25) is 11.9 Å². The molecular weight excluding hydrogens is 306 g/mol. The quantitative estimate of drug-likeness (QED) is 0.926. The predicted molar refractivity (Wildman–Crippen MR) is 92.5 cm³/mol. The fourth-order valence-electron chi connectivity index (χ4n) is 2.48. The first kappa shape index (κ1) is 17.9. The predicted octanol–water partition coefficient (Wildman–Crippen LogP) is 1.58. The van der Waals surface area contributed by atoms with Crippen LogP contribution in [0.25, 0.3) is 5.95 Å². The highest BCUT2D eigenvalue weighted by molar-refractivity contribution is 5.76. The van der Waals surface area contributed by atoms with Gasteiger partial charge in [-0.25, -0.2) is 9.67 Å². The summed E-state index contributed by atoms with van der Waals surface area (Å²) in [6.45, 7) is 12.9. The zero-order chi connectivity index (χ0) is 18.2. The van der Waals surface area contributed by atoms with Crippen molar-refractivity contribution >= 4 is 5.91 Å². The number of nitrogens with zero attached hydrogens (tertiary/aromatic N) is 4. The molecule has 0 unspecified atom stereocenters. The molecule has 0 radical (unpaired) electrons. The second-order valence-corrected chi connectivity index (χ2v) is 7.15. The minimum absolute atomic E-state index is 0.0993. The fourth-order valence-corrected chi connectivity index (χ4v) is 2.48. The van der Waals surface area contributed by atoms with Gasteiger partial charge in [-0.15, -0.1) is 0 Å². The SMILES string of the molecule is Cc1cc(C)n(-c2nc(C)c(C)c(=O)n2CC(=O)NC(C)(C)C)n1. The normalized spacial score (nSPS) is 11.6. The summed E-state index contributed by atoms with van der Waals surface area (Å²) in [6, 6.07) is 1.90. The molecule has 130 valence electrons. The Morgan fingerprint density at radius 1 is 1.21 bits per heavy atom. The van der Waals surface area contributed by atoms with Crippen molar-refractivity contribution in [1.82, 2.24) is 24.6 Å². The molecule has 2 aromatic heterocycles. The molecule has 0 fully saturated rings. The zero-order valence-corrected chi connectivity index (χ0v) is 15.4. The minimum Gasteiger partial charge on any atom is -0.350 e. The third-order valence-corrected chi connectivity index (χ3v) is 3.63. The Morgan fingerprint density at radius 3 is 2.33 bits per heavy atom. The molecule has 24 heavy (non-hydrogen) atoms. The Labute approximate surface area is 141 Å². The summed E-state index contributed by atoms with van der Waals surface area (Å²) in [7, 11) is 0. The van der Waals surface area contributed by atoms with Crippen LogP contribution in [0, 0.1) is 27.7 Å². The number of aromatic nitrogens is 4. The van der Waals surface area contributed by atoms with Gasteiger partial charge in [0.15, 0.2) is 0 Å². The van der Waals surface area contributed by atoms with Crippen LogP contribution < -0.4 is 10.9 Å². The number of hydrogen-bond donors (Lipinski definition) is 1. The summed E-state index contributed by atoms with van der Waals surface area (Å²) in [5.74, 6) is 0.121. The van der Waals surface area contributed by atoms with Crippen molar-refractivity contribution < 1.29 is 4.79 Å². The van der Waals surface area contributed by atoms with Crippen LogP contribution >= 0.6 is 0 Å². The number of nitrogens with one attached hydrogen (secondary N) is 1. The molecule has 7 nitrogen and oxygen atoms in total. The highest BCUT2D eigenvalue weighted by Gasteiger charge is 2.20. The van der Waals surface area contributed by atoms with Gasteiger partial charge >= 0.3 is 0 Å². The Morgan fingerprint density at radius 2 is 1.83 bits per heavy atom. The number of aryl methyl sites for hydroxylation is 3. The summed E-state index contributed by atoms with van der Waals surface area (Å²) in [5, 5.41) is 7.27. The van der Waals surface area contributed by atoms with E-state index in [9.17, 15) is 9.59 Å². The first-order valence-corrected chi connectivity index (χ1v) is 7.92. The maximum absolute atomic E-state index is 12.7. The number of amides is 1. The van der Waals surface area contributed by atoms with E-state index < -0.39 is 0 Å². The van der Waals surface area contributed by atoms with Crippen LogP contribution in [0.15, 0.2) is 10.9 Å². The molecule has 0 aliphatic rings. The lowest BCUT2D eigenvalue weighted by molar-refractivity contribution is -0.123. The van der Waals surface area contributed by atoms with Crippen molar-refractivity contribution in [3.63, 3.8) is 0 Å². The molecule has 0 aliphatic heterocycles. The molecule has 0 saturated carbocycles. The van der Waals surface area contributed by atoms with E-state index in [-0.39, 0.29) is 23.6 Å². The lowest BCUT2D eigenvalue weighted by atomic mass is 10.1. The first-order valence-electron chi connectivity index (χ1n) is 7.92. The summed E-state index contributed by atoms with van der Waals surface area (Å²) in [4.78, 5) is 29.5. The van der Waals surface area contributed by atoms with E-state index in [2.05, 4.69) is 15.4 Å². The molecule has 2 heterocycles. The van der Waals surface area contributed by atoms with Crippen LogP contribution in [0.4, 0.5) is 0 Å². The lowest BCUT2D eigenvalue weighted by Gasteiger charge is -2.22. The largest absolute Gasteiger partial charge is 0.350 e. The van der Waals surface area contributed by atoms with Crippen molar-refractivity contribution in [2.24, 2.45) is 0 Å². The Bertz CT molecular complexity index is 840. The molecule has 0 aromatic carbocycles. The van der Waals surface area contributed by atoms with Crippen molar-refractivity contribution in [3.05, 3.63) is 39.1 Å². The molecule has 0 spiro atoms. The first-order chi connectivity index (χ1) is 11.0. The van der Waals surface area contributed by atoms with Crippen LogP contribution in [0.1, 0.15) is 43.4 Å². The van der Waals surface area contributed by atoms with Gasteiger partial charge < -0.3 is 5.32 Å². The van der Waals surface area contributed by atoms with E-state index in [1.165, 1.54) is 4.57 Å². The number of carbonyl (C=O) groups is 1. The van der Waals surface area contributed by atoms with Crippen molar-refractivity contribution in [2.45, 2.75) is 60.5 Å². The second-order valence-electron chi connectivity index (χ2n) is 7.15. The van der Waals surface area contributed by atoms with Crippen molar-refractivity contribution in [1.29, 1.82) is 0 Å². The highest BCUT2D eigenvalue weighted by atomic mass is 16.2. The van der Waals surface area contributed by atoms with E-state index >= 15 is 0 Å². The fraction of sp³-hybridized carbons (Fsp3) is 0.529. The van der Waals surface area contributed by atoms with Crippen LogP contribution in [-0.2, 0) is 11.3 Å². The van der Waals surface area contributed by atoms with Crippen molar-refractivity contribution in [3.8, 4) is 5.95 Å². The number of rotatable bonds is 3. The second kappa shape index (κ2) is 6.22. The molecule has 0 aliphatic carbocycles. The average Bonchev–Trinajstić information content (AvgIpc) is 2.76. The van der Waals surface area contributed by atoms with Crippen LogP contribution in [0.3, 0.4) is 0 Å². The summed E-state index contributed by atoms with van der Waals surface area (Å²) in [6.07, 6.45) is 0. The lowest BCUT2D eigenvalue weighted by Crippen LogP contribution is -2.44. The van der Waals surface area contributed by atoms with Gasteiger partial charge in [0.25, 0.3) is 5.56 Å². The van der Waals surface area contributed by atoms with E-state index in [1.807, 2.05) is 40.7 Å². The van der Waals surface area contributed by atoms with Gasteiger partial charge in [-0.1, -0.05) is 0 Å². The summed E-state index contributed by atoms with van der Waals surface area (Å²) >= 11 is 0. The summed E-state index contributed by atoms with van der Waals surface area (Å²) < 4.78 is 2.98. The average molecular weight is 331 g/mol. The van der Waals surface area contributed by atoms with Gasteiger partial charge in [0.1, 0.15) is 6.54 Å². The molecule has 1 N–H and O–H groups in total. The van der Waals surface area contributed by atoms with Gasteiger partial charge in [-0.3, -0.25) is 14.2 Å². The monoisotopic (exact) mass is 331 g/mol. The van der Waals surface area contributed by atoms with Crippen LogP contribution in [-0.4, -0.2) is 30.8 Å². The van der Waals surface area contributed by atoms with E-state index in [4.69, 9.17) is 0 Å². The van der Waals surface area contributed by atoms with E-state index in [0.29, 0.717) is 17.2 Å². The third-order valence-electron chi connectivity index (χ3n) is 3.63. The summed E-state index contributed by atoms with van der Waals surface area (Å²) in [5.41, 5.74) is 2.25. The number of hydrogen-bond acceptors (Lipinski definition) is 4. The maximum Gasteiger partial charge on any atom is 0.258 e. The highest BCUT2D eigenvalue weighted by Crippen LogP contribution is 2.11. The van der Waals surface area contributed by atoms with E-state index in [0.717, 1.165) is 11.4 Å². The molecule has 1 amide bonds. The standard InChI is InChI=1S/C17H25N5O2/c1-10-8-11(2)22(20-10)16-18-13(4)12(3)15(24)21(16)9-14(23)19-17(5,6)7/h8H,9H2,1-7H3,(H,19,23). The minimum atomic E-state index is -0.369. The van der Waals surface area contributed by atoms with Gasteiger partial charge in [0, 0.05) is 22.5 Å². The van der Waals surface area contributed by atoms with Gasteiger partial charge in [-0.2, -0.15) is 5.10 Å². The molecule has 2 rings (SSSR count). The smallest absolute Gasteiger partial charge is 0.258 e. The molecular formula is C17H25N5O2. The topological polar surface area (TPSA) is 81.8 Å². The Kier molecular flexibility index (Phi) is 4.64. The molecule has 7 heteroatoms. The molecule has 0 saturated heterocycles. The van der Waals surface area contributed by atoms with E-state index in [1.54, 1.807) is 18.5 Å². The van der Waals surface area contributed by atoms with Crippen LogP contribution in [0.2, 0.25) is 0 Å². The Balaban J connectivity index is 2.57. The van der Waals surface area contributed by atoms with Crippen molar-refractivity contribution in [2.75, 3.05) is 0 Å². The zero-order valence-electron chi connectivity index (χ0n) is 15.4. The maximum atomic E-state index is 12.7. The third kappa shape index (κ3) is 3.72.